The summed E-state index contributed by atoms with van der Waals surface area (Å²) < 4.78 is 4.56. The van der Waals surface area contributed by atoms with Crippen LogP contribution in [0.4, 0.5) is 0 Å². The van der Waals surface area contributed by atoms with Crippen molar-refractivity contribution in [1.82, 2.24) is 0 Å². The van der Waals surface area contributed by atoms with E-state index in [1.54, 1.807) is 0 Å². The molecule has 0 saturated carbocycles. The van der Waals surface area contributed by atoms with Crippen molar-refractivity contribution in [2.45, 2.75) is 32.8 Å². The van der Waals surface area contributed by atoms with Gasteiger partial charge in [-0.15, -0.1) is 0 Å². The van der Waals surface area contributed by atoms with Crippen LogP contribution < -0.4 is 0 Å². The van der Waals surface area contributed by atoms with E-state index in [1.807, 2.05) is 20.8 Å². The minimum Gasteiger partial charge on any atom is -0.273 e. The molecule has 1 nitrogen and oxygen atoms in total. The van der Waals surface area contributed by atoms with Gasteiger partial charge >= 0.3 is 0 Å². The normalized spacial score (nSPS) is 10.5. The highest BCUT2D eigenvalue weighted by Crippen LogP contribution is 2.14. The van der Waals surface area contributed by atoms with Gasteiger partial charge in [-0.25, -0.2) is 0 Å². The fourth-order valence-corrected chi connectivity index (χ4v) is 0.164. The van der Waals surface area contributed by atoms with Gasteiger partial charge < -0.3 is 0 Å². The Morgan fingerprint density at radius 1 is 1.50 bits per heavy atom. The third-order valence-electron chi connectivity index (χ3n) is 1.06. The Balaban J connectivity index is 0. The van der Waals surface area contributed by atoms with E-state index in [1.165, 1.54) is 0 Å². The average Bonchev–Trinajstić information content (AvgIpc) is 1.68. The van der Waals surface area contributed by atoms with Crippen molar-refractivity contribution in [1.29, 1.82) is 0 Å². The van der Waals surface area contributed by atoms with Crippen molar-refractivity contribution < 1.29 is 4.29 Å². The molecule has 0 bridgehead atoms. The highest BCUT2D eigenvalue weighted by Gasteiger charge is 2.13. The molecule has 0 aliphatic carbocycles. The van der Waals surface area contributed by atoms with Gasteiger partial charge in [0.2, 0.25) is 0 Å². The number of rotatable bonds is 2. The van der Waals surface area contributed by atoms with Crippen molar-refractivity contribution in [2.24, 2.45) is 0 Å². The average molecular weight is 153 g/mol. The minimum absolute atomic E-state index is 0. The summed E-state index contributed by atoms with van der Waals surface area (Å²) in [5.74, 6) is 0. The van der Waals surface area contributed by atoms with Gasteiger partial charge in [0.25, 0.3) is 0 Å². The number of halogens is 1. The summed E-state index contributed by atoms with van der Waals surface area (Å²) in [6.45, 7) is 5.92. The molecule has 0 heterocycles. The molecule has 0 atom stereocenters. The molecule has 0 rings (SSSR count). The van der Waals surface area contributed by atoms with Gasteiger partial charge in [0, 0.05) is 0 Å². The standard InChI is InChI=1S/C5H11ClO.Al.3H/c1-4-5(2,3)7-6;;;;/h4H2,1-3H3;;;;. The molecule has 8 heavy (non-hydrogen) atoms. The fourth-order valence-electron chi connectivity index (χ4n) is 0.0546. The van der Waals surface area contributed by atoms with Gasteiger partial charge in [-0.05, 0) is 20.3 Å². The largest absolute Gasteiger partial charge is 0.273 e. The monoisotopic (exact) mass is 152 g/mol. The van der Waals surface area contributed by atoms with Gasteiger partial charge in [0.05, 0.1) is 17.5 Å². The molecule has 50 valence electrons. The number of hydrogen-bond donors (Lipinski definition) is 0. The lowest BCUT2D eigenvalue weighted by Crippen LogP contribution is -2.17. The maximum atomic E-state index is 5.09. The molecule has 0 spiro atoms. The molecule has 0 saturated heterocycles. The second kappa shape index (κ2) is 4.64. The Morgan fingerprint density at radius 3 is 1.88 bits per heavy atom. The van der Waals surface area contributed by atoms with Gasteiger partial charge in [-0.2, -0.15) is 0 Å². The smallest absolute Gasteiger partial charge is 0.187 e. The first-order valence-electron chi connectivity index (χ1n) is 2.42. The summed E-state index contributed by atoms with van der Waals surface area (Å²) in [7, 11) is 0. The van der Waals surface area contributed by atoms with E-state index >= 15 is 0 Å². The Morgan fingerprint density at radius 2 is 1.88 bits per heavy atom. The molecule has 0 unspecified atom stereocenters. The van der Waals surface area contributed by atoms with Gasteiger partial charge in [0.1, 0.15) is 0 Å². The molecule has 0 fully saturated rings. The molecular formula is C5H14AlClO. The Labute approximate surface area is 66.7 Å². The number of hydrogen-bond acceptors (Lipinski definition) is 1. The Hall–Kier alpha value is 0.782. The zero-order chi connectivity index (χ0) is 5.91. The van der Waals surface area contributed by atoms with E-state index in [4.69, 9.17) is 11.9 Å². The van der Waals surface area contributed by atoms with Gasteiger partial charge in [0.15, 0.2) is 17.4 Å². The summed E-state index contributed by atoms with van der Waals surface area (Å²) >= 11 is 5.09. The van der Waals surface area contributed by atoms with Crippen LogP contribution in [0.2, 0.25) is 0 Å². The quantitative estimate of drug-likeness (QED) is 0.540. The fraction of sp³-hybridized carbons (Fsp3) is 1.00. The van der Waals surface area contributed by atoms with E-state index in [9.17, 15) is 0 Å². The summed E-state index contributed by atoms with van der Waals surface area (Å²) in [5, 5.41) is 0. The van der Waals surface area contributed by atoms with Crippen LogP contribution >= 0.6 is 11.9 Å². The molecule has 0 aromatic rings. The van der Waals surface area contributed by atoms with Crippen molar-refractivity contribution in [3.8, 4) is 0 Å². The third kappa shape index (κ3) is 4.93. The van der Waals surface area contributed by atoms with E-state index in [0.29, 0.717) is 0 Å². The third-order valence-corrected chi connectivity index (χ3v) is 1.48. The van der Waals surface area contributed by atoms with Crippen LogP contribution in [0.3, 0.4) is 0 Å². The van der Waals surface area contributed by atoms with Crippen LogP contribution in [-0.2, 0) is 4.29 Å². The molecular weight excluding hydrogens is 138 g/mol. The first-order chi connectivity index (χ1) is 3.12. The first-order valence-corrected chi connectivity index (χ1v) is 2.73. The predicted octanol–water partition coefficient (Wildman–Crippen LogP) is 1.16. The van der Waals surface area contributed by atoms with Crippen LogP contribution in [0, 0.1) is 0 Å². The summed E-state index contributed by atoms with van der Waals surface area (Å²) in [6.07, 6.45) is 0.941. The predicted molar refractivity (Wildman–Crippen MR) is 41.2 cm³/mol. The van der Waals surface area contributed by atoms with E-state index in [0.717, 1.165) is 6.42 Å². The lowest BCUT2D eigenvalue weighted by atomic mass is 10.1. The Bertz CT molecular complexity index is 50.4. The van der Waals surface area contributed by atoms with Crippen molar-refractivity contribution in [3.05, 3.63) is 0 Å². The van der Waals surface area contributed by atoms with Crippen molar-refractivity contribution in [3.63, 3.8) is 0 Å². The van der Waals surface area contributed by atoms with Crippen LogP contribution in [0.15, 0.2) is 0 Å². The zero-order valence-electron chi connectivity index (χ0n) is 4.99. The summed E-state index contributed by atoms with van der Waals surface area (Å²) in [5.41, 5.74) is -0.151. The van der Waals surface area contributed by atoms with E-state index < -0.39 is 0 Å². The minimum atomic E-state index is -0.151. The van der Waals surface area contributed by atoms with E-state index in [2.05, 4.69) is 4.29 Å². The van der Waals surface area contributed by atoms with Crippen molar-refractivity contribution >= 4 is 29.2 Å². The SMILES string of the molecule is CCC(C)(C)OCl.[AlH3]. The maximum absolute atomic E-state index is 5.09. The van der Waals surface area contributed by atoms with Crippen LogP contribution in [-0.4, -0.2) is 23.0 Å². The zero-order valence-corrected chi connectivity index (χ0v) is 5.75. The highest BCUT2D eigenvalue weighted by atomic mass is 35.5. The second-order valence-electron chi connectivity index (χ2n) is 2.19. The topological polar surface area (TPSA) is 9.23 Å². The van der Waals surface area contributed by atoms with E-state index in [-0.39, 0.29) is 23.0 Å². The molecule has 0 aliphatic heterocycles. The molecule has 0 aromatic carbocycles. The highest BCUT2D eigenvalue weighted by molar-refractivity contribution is 6.07. The van der Waals surface area contributed by atoms with Crippen LogP contribution in [0.25, 0.3) is 0 Å². The molecule has 0 aliphatic rings. The summed E-state index contributed by atoms with van der Waals surface area (Å²) in [6, 6.07) is 0. The lowest BCUT2D eigenvalue weighted by Gasteiger charge is -2.16. The van der Waals surface area contributed by atoms with Crippen LogP contribution in [0.1, 0.15) is 27.2 Å². The molecule has 0 aromatic heterocycles. The molecule has 0 radical (unpaired) electrons. The molecule has 0 N–H and O–H groups in total. The molecule has 3 heteroatoms. The van der Waals surface area contributed by atoms with Crippen molar-refractivity contribution in [2.75, 3.05) is 0 Å². The first kappa shape index (κ1) is 11.6. The van der Waals surface area contributed by atoms with Gasteiger partial charge in [-0.3, -0.25) is 4.29 Å². The van der Waals surface area contributed by atoms with Crippen LogP contribution in [0.5, 0.6) is 0 Å². The summed E-state index contributed by atoms with van der Waals surface area (Å²) in [4.78, 5) is 0. The van der Waals surface area contributed by atoms with Gasteiger partial charge in [-0.1, -0.05) is 6.92 Å². The Kier molecular flexibility index (Phi) is 6.71. The second-order valence-corrected chi connectivity index (χ2v) is 2.34. The lowest BCUT2D eigenvalue weighted by molar-refractivity contribution is 0.120. The maximum Gasteiger partial charge on any atom is 0.187 e. The molecule has 0 amide bonds.